The van der Waals surface area contributed by atoms with Crippen LogP contribution in [0.5, 0.6) is 5.75 Å². The number of imidazole rings is 1. The van der Waals surface area contributed by atoms with Gasteiger partial charge in [-0.2, -0.15) is 0 Å². The second kappa shape index (κ2) is 8.45. The van der Waals surface area contributed by atoms with Gasteiger partial charge in [0, 0.05) is 30.2 Å². The highest BCUT2D eigenvalue weighted by molar-refractivity contribution is 6.33. The molecule has 0 unspecified atom stereocenters. The van der Waals surface area contributed by atoms with Gasteiger partial charge >= 0.3 is 5.76 Å². The number of hydrogen-bond acceptors (Lipinski definition) is 5. The van der Waals surface area contributed by atoms with Crippen LogP contribution in [0.4, 0.5) is 4.39 Å². The third-order valence-electron chi connectivity index (χ3n) is 6.88. The molecule has 7 nitrogen and oxygen atoms in total. The molecule has 184 valence electrons. The zero-order valence-electron chi connectivity index (χ0n) is 19.5. The molecular weight excluding hydrogens is 495 g/mol. The van der Waals surface area contributed by atoms with Crippen LogP contribution in [-0.4, -0.2) is 19.5 Å². The Morgan fingerprint density at radius 1 is 1.16 bits per heavy atom. The van der Waals surface area contributed by atoms with Gasteiger partial charge in [0.2, 0.25) is 0 Å². The van der Waals surface area contributed by atoms with E-state index in [2.05, 4.69) is 31.2 Å². The highest BCUT2D eigenvalue weighted by Gasteiger charge is 2.30. The van der Waals surface area contributed by atoms with Crippen LogP contribution < -0.4 is 10.5 Å². The van der Waals surface area contributed by atoms with Crippen LogP contribution >= 0.6 is 11.6 Å². The van der Waals surface area contributed by atoms with Gasteiger partial charge in [0.15, 0.2) is 11.5 Å². The fourth-order valence-electron chi connectivity index (χ4n) is 5.03. The summed E-state index contributed by atoms with van der Waals surface area (Å²) in [4.78, 5) is 19.0. The van der Waals surface area contributed by atoms with Crippen LogP contribution in [0.1, 0.15) is 58.2 Å². The molecule has 1 saturated carbocycles. The van der Waals surface area contributed by atoms with Gasteiger partial charge in [-0.25, -0.2) is 14.2 Å². The standard InChI is InChI=1S/C28H20ClFN4O3/c29-22-2-1-9-34-23(26(16-4-5-16)32-27(22)34)11-15-3-7-19-17(10-15)14-36-24-12-18(30)6-8-20(24)21(19)13-25-31-28(35)37-33-25/h1-3,6-10,12-13,16H,4-5,11,14H2,(H,31,33,35). The van der Waals surface area contributed by atoms with Gasteiger partial charge in [0.25, 0.3) is 0 Å². The summed E-state index contributed by atoms with van der Waals surface area (Å²) in [6.07, 6.45) is 6.68. The number of halogens is 2. The lowest BCUT2D eigenvalue weighted by molar-refractivity contribution is 0.305. The van der Waals surface area contributed by atoms with E-state index in [9.17, 15) is 9.18 Å². The van der Waals surface area contributed by atoms with Gasteiger partial charge in [-0.1, -0.05) is 35.0 Å². The van der Waals surface area contributed by atoms with Gasteiger partial charge in [0.1, 0.15) is 18.2 Å². The fourth-order valence-corrected chi connectivity index (χ4v) is 5.23. The van der Waals surface area contributed by atoms with Crippen molar-refractivity contribution in [3.05, 3.63) is 116 Å². The first kappa shape index (κ1) is 22.1. The second-order valence-electron chi connectivity index (χ2n) is 9.40. The molecule has 0 bridgehead atoms. The van der Waals surface area contributed by atoms with Crippen molar-refractivity contribution in [2.45, 2.75) is 31.8 Å². The maximum atomic E-state index is 14.1. The third-order valence-corrected chi connectivity index (χ3v) is 7.18. The Hall–Kier alpha value is -4.17. The molecule has 0 radical (unpaired) electrons. The minimum atomic E-state index is -0.647. The van der Waals surface area contributed by atoms with Gasteiger partial charge < -0.3 is 9.14 Å². The van der Waals surface area contributed by atoms with E-state index in [1.165, 1.54) is 12.1 Å². The van der Waals surface area contributed by atoms with Crippen LogP contribution in [0.15, 0.2) is 64.0 Å². The van der Waals surface area contributed by atoms with Crippen molar-refractivity contribution in [3.63, 3.8) is 0 Å². The minimum Gasteiger partial charge on any atom is -0.488 e. The summed E-state index contributed by atoms with van der Waals surface area (Å²) in [6, 6.07) is 14.4. The van der Waals surface area contributed by atoms with E-state index >= 15 is 0 Å². The Morgan fingerprint density at radius 3 is 2.84 bits per heavy atom. The Bertz CT molecular complexity index is 1780. The van der Waals surface area contributed by atoms with Crippen LogP contribution in [0, 0.1) is 5.82 Å². The Balaban J connectivity index is 1.33. The molecule has 37 heavy (non-hydrogen) atoms. The molecule has 0 spiro atoms. The number of pyridine rings is 1. The van der Waals surface area contributed by atoms with Crippen LogP contribution in [0.2, 0.25) is 5.02 Å². The summed E-state index contributed by atoms with van der Waals surface area (Å²) in [6.45, 7) is 0.265. The quantitative estimate of drug-likeness (QED) is 0.330. The smallest absolute Gasteiger partial charge is 0.439 e. The maximum absolute atomic E-state index is 14.1. The number of benzene rings is 2. The molecule has 3 aromatic heterocycles. The van der Waals surface area contributed by atoms with Crippen molar-refractivity contribution >= 4 is 28.9 Å². The van der Waals surface area contributed by atoms with Crippen LogP contribution in [-0.2, 0) is 13.0 Å². The predicted octanol–water partition coefficient (Wildman–Crippen LogP) is 5.75. The fraction of sp³-hybridized carbons (Fsp3) is 0.179. The molecule has 1 aliphatic heterocycles. The average Bonchev–Trinajstić information content (AvgIpc) is 3.58. The zero-order valence-corrected chi connectivity index (χ0v) is 20.3. The normalized spacial score (nSPS) is 15.9. The first-order valence-corrected chi connectivity index (χ1v) is 12.4. The number of ether oxygens (including phenoxy) is 1. The highest BCUT2D eigenvalue weighted by atomic mass is 35.5. The number of hydrogen-bond donors (Lipinski definition) is 1. The lowest BCUT2D eigenvalue weighted by atomic mass is 9.92. The van der Waals surface area contributed by atoms with E-state index in [4.69, 9.17) is 21.3 Å². The lowest BCUT2D eigenvalue weighted by Gasteiger charge is -2.12. The molecule has 1 fully saturated rings. The summed E-state index contributed by atoms with van der Waals surface area (Å²) >= 11 is 6.46. The minimum absolute atomic E-state index is 0.265. The van der Waals surface area contributed by atoms with Gasteiger partial charge in [-0.05, 0) is 65.4 Å². The van der Waals surface area contributed by atoms with E-state index < -0.39 is 11.6 Å². The van der Waals surface area contributed by atoms with E-state index in [1.807, 2.05) is 24.4 Å². The summed E-state index contributed by atoms with van der Waals surface area (Å²) in [5.74, 6) is 0.120. The summed E-state index contributed by atoms with van der Waals surface area (Å²) in [7, 11) is 0. The van der Waals surface area contributed by atoms with Crippen molar-refractivity contribution in [1.29, 1.82) is 0 Å². The van der Waals surface area contributed by atoms with Crippen molar-refractivity contribution in [3.8, 4) is 5.75 Å². The average molecular weight is 515 g/mol. The largest absolute Gasteiger partial charge is 0.488 e. The van der Waals surface area contributed by atoms with E-state index in [0.29, 0.717) is 28.7 Å². The highest BCUT2D eigenvalue weighted by Crippen LogP contribution is 2.43. The Kier molecular flexibility index (Phi) is 5.04. The number of nitrogens with zero attached hydrogens (tertiary/aromatic N) is 3. The number of rotatable bonds is 4. The topological polar surface area (TPSA) is 85.4 Å². The second-order valence-corrected chi connectivity index (χ2v) is 9.81. The first-order valence-electron chi connectivity index (χ1n) is 12.0. The summed E-state index contributed by atoms with van der Waals surface area (Å²) in [5.41, 5.74) is 7.41. The molecule has 0 saturated heterocycles. The number of H-pyrrole nitrogens is 1. The third kappa shape index (κ3) is 3.94. The molecular formula is C28H20ClFN4O3. The molecule has 2 aliphatic rings. The van der Waals surface area contributed by atoms with E-state index in [1.54, 1.807) is 12.1 Å². The van der Waals surface area contributed by atoms with Gasteiger partial charge in [-0.3, -0.25) is 9.51 Å². The molecule has 5 aromatic rings. The van der Waals surface area contributed by atoms with Crippen molar-refractivity contribution in [2.75, 3.05) is 0 Å². The maximum Gasteiger partial charge on any atom is 0.439 e. The first-order chi connectivity index (χ1) is 18.0. The monoisotopic (exact) mass is 514 g/mol. The number of aromatic nitrogens is 4. The molecule has 0 amide bonds. The zero-order chi connectivity index (χ0) is 25.1. The van der Waals surface area contributed by atoms with Crippen molar-refractivity contribution in [2.24, 2.45) is 0 Å². The number of fused-ring (bicyclic) bond motifs is 3. The summed E-state index contributed by atoms with van der Waals surface area (Å²) in [5, 5.41) is 4.42. The number of nitrogens with one attached hydrogen (secondary N) is 1. The van der Waals surface area contributed by atoms with Gasteiger partial charge in [-0.15, -0.1) is 0 Å². The lowest BCUT2D eigenvalue weighted by Crippen LogP contribution is -2.01. The predicted molar refractivity (Wildman–Crippen MR) is 136 cm³/mol. The Labute approximate surface area is 215 Å². The molecule has 1 aliphatic carbocycles. The van der Waals surface area contributed by atoms with Crippen LogP contribution in [0.25, 0.3) is 17.3 Å². The van der Waals surface area contributed by atoms with Crippen molar-refractivity contribution in [1.82, 2.24) is 19.5 Å². The van der Waals surface area contributed by atoms with Gasteiger partial charge in [0.05, 0.1) is 16.4 Å². The van der Waals surface area contributed by atoms with E-state index in [-0.39, 0.29) is 12.4 Å². The molecule has 7 rings (SSSR count). The molecule has 9 heteroatoms. The van der Waals surface area contributed by atoms with Crippen LogP contribution in [0.3, 0.4) is 0 Å². The Morgan fingerprint density at radius 2 is 2.03 bits per heavy atom. The number of aromatic amines is 1. The van der Waals surface area contributed by atoms with Crippen molar-refractivity contribution < 1.29 is 13.7 Å². The summed E-state index contributed by atoms with van der Waals surface area (Å²) < 4.78 is 26.9. The molecule has 4 heterocycles. The SMILES string of the molecule is O=c1[nH]c(C=C2c3ccc(Cc4c(C5CC5)nc5c(Cl)cccn45)cc3COc3cc(F)ccc32)no1. The molecule has 2 aromatic carbocycles. The molecule has 1 N–H and O–H groups in total. The van der Waals surface area contributed by atoms with E-state index in [0.717, 1.165) is 52.1 Å². The molecule has 0 atom stereocenters.